The van der Waals surface area contributed by atoms with Crippen molar-refractivity contribution in [1.29, 1.82) is 0 Å². The van der Waals surface area contributed by atoms with Gasteiger partial charge in [-0.05, 0) is 36.4 Å². The van der Waals surface area contributed by atoms with Crippen molar-refractivity contribution >= 4 is 21.8 Å². The summed E-state index contributed by atoms with van der Waals surface area (Å²) in [4.78, 5) is 4.56. The van der Waals surface area contributed by atoms with Crippen LogP contribution in [-0.4, -0.2) is 66.2 Å². The fourth-order valence-electron chi connectivity index (χ4n) is 2.96. The number of aromatic nitrogens is 3. The predicted octanol–water partition coefficient (Wildman–Crippen LogP) is 2.46. The zero-order valence-corrected chi connectivity index (χ0v) is 17.9. The van der Waals surface area contributed by atoms with Crippen LogP contribution < -0.4 is 4.74 Å². The fraction of sp³-hybridized carbons (Fsp3) is 0.300. The van der Waals surface area contributed by atoms with E-state index in [9.17, 15) is 8.42 Å². The second-order valence-corrected chi connectivity index (χ2v) is 9.49. The largest absolute Gasteiger partial charge is 0.493 e. The maximum atomic E-state index is 12.6. The van der Waals surface area contributed by atoms with Crippen molar-refractivity contribution in [2.75, 3.05) is 38.7 Å². The first-order chi connectivity index (χ1) is 14.6. The molecule has 0 unspecified atom stereocenters. The summed E-state index contributed by atoms with van der Waals surface area (Å²) in [5.74, 6) is 1.30. The van der Waals surface area contributed by atoms with Gasteiger partial charge in [0.05, 0.1) is 30.4 Å². The van der Waals surface area contributed by atoms with Crippen LogP contribution in [0.3, 0.4) is 0 Å². The zero-order chi connectivity index (χ0) is 20.8. The van der Waals surface area contributed by atoms with E-state index in [1.54, 1.807) is 35.3 Å². The highest BCUT2D eigenvalue weighted by atomic mass is 32.2. The molecule has 0 spiro atoms. The summed E-state index contributed by atoms with van der Waals surface area (Å²) in [5, 5.41) is 5.12. The standard InChI is InChI=1S/C20H22N4O4S2/c25-30(26,23-10-12-27-13-11-23)19-8-6-18(7-9-19)28-14-15-29-20-21-16-24(22-20)17-4-2-1-3-5-17/h1-9,16H,10-15H2. The lowest BCUT2D eigenvalue weighted by molar-refractivity contribution is 0.0730. The quantitative estimate of drug-likeness (QED) is 0.388. The number of rotatable bonds is 8. The van der Waals surface area contributed by atoms with Crippen LogP contribution in [0, 0.1) is 0 Å². The molecule has 1 aliphatic rings. The van der Waals surface area contributed by atoms with Crippen molar-refractivity contribution in [3.05, 3.63) is 60.9 Å². The number of thioether (sulfide) groups is 1. The average Bonchev–Trinajstić information content (AvgIpc) is 3.27. The molecule has 2 aromatic carbocycles. The molecule has 0 aliphatic carbocycles. The molecule has 10 heteroatoms. The highest BCUT2D eigenvalue weighted by molar-refractivity contribution is 7.99. The Morgan fingerprint density at radius 3 is 2.50 bits per heavy atom. The predicted molar refractivity (Wildman–Crippen MR) is 114 cm³/mol. The van der Waals surface area contributed by atoms with Crippen LogP contribution in [-0.2, 0) is 14.8 Å². The lowest BCUT2D eigenvalue weighted by atomic mass is 10.3. The van der Waals surface area contributed by atoms with E-state index in [0.717, 1.165) is 5.69 Å². The summed E-state index contributed by atoms with van der Waals surface area (Å²) in [6.07, 6.45) is 1.69. The van der Waals surface area contributed by atoms with E-state index in [-0.39, 0.29) is 4.90 Å². The fourth-order valence-corrected chi connectivity index (χ4v) is 4.98. The summed E-state index contributed by atoms with van der Waals surface area (Å²) < 4.78 is 39.4. The number of morpholine rings is 1. The van der Waals surface area contributed by atoms with Gasteiger partial charge in [0.1, 0.15) is 12.1 Å². The van der Waals surface area contributed by atoms with Gasteiger partial charge >= 0.3 is 0 Å². The molecule has 0 bridgehead atoms. The van der Waals surface area contributed by atoms with Gasteiger partial charge in [0, 0.05) is 18.8 Å². The van der Waals surface area contributed by atoms with E-state index in [0.29, 0.717) is 49.6 Å². The Bertz CT molecular complexity index is 1050. The Kier molecular flexibility index (Phi) is 6.68. The van der Waals surface area contributed by atoms with Crippen molar-refractivity contribution in [1.82, 2.24) is 19.1 Å². The monoisotopic (exact) mass is 446 g/mol. The van der Waals surface area contributed by atoms with Gasteiger partial charge in [-0.25, -0.2) is 18.1 Å². The van der Waals surface area contributed by atoms with Crippen molar-refractivity contribution in [2.45, 2.75) is 10.1 Å². The Balaban J connectivity index is 1.26. The number of benzene rings is 2. The maximum absolute atomic E-state index is 12.6. The first kappa shape index (κ1) is 20.9. The molecule has 4 rings (SSSR count). The van der Waals surface area contributed by atoms with Gasteiger partial charge in [-0.2, -0.15) is 4.31 Å². The van der Waals surface area contributed by atoms with Crippen LogP contribution in [0.5, 0.6) is 5.75 Å². The summed E-state index contributed by atoms with van der Waals surface area (Å²) >= 11 is 1.50. The third-order valence-corrected chi connectivity index (χ3v) is 7.24. The smallest absolute Gasteiger partial charge is 0.243 e. The Labute approximate surface area is 179 Å². The van der Waals surface area contributed by atoms with E-state index >= 15 is 0 Å². The summed E-state index contributed by atoms with van der Waals surface area (Å²) in [5.41, 5.74) is 0.959. The van der Waals surface area contributed by atoms with Gasteiger partial charge in [0.2, 0.25) is 15.2 Å². The van der Waals surface area contributed by atoms with Gasteiger partial charge < -0.3 is 9.47 Å². The van der Waals surface area contributed by atoms with Gasteiger partial charge in [-0.3, -0.25) is 0 Å². The lowest BCUT2D eigenvalue weighted by Crippen LogP contribution is -2.40. The molecule has 0 saturated carbocycles. The minimum atomic E-state index is -3.49. The molecular formula is C20H22N4O4S2. The van der Waals surface area contributed by atoms with Crippen molar-refractivity contribution in [3.8, 4) is 11.4 Å². The molecule has 1 aliphatic heterocycles. The van der Waals surface area contributed by atoms with Crippen molar-refractivity contribution < 1.29 is 17.9 Å². The van der Waals surface area contributed by atoms with Crippen LogP contribution in [0.1, 0.15) is 0 Å². The molecule has 1 fully saturated rings. The van der Waals surface area contributed by atoms with Crippen LogP contribution in [0.15, 0.2) is 71.0 Å². The Morgan fingerprint density at radius 2 is 1.77 bits per heavy atom. The summed E-state index contributed by atoms with van der Waals surface area (Å²) in [7, 11) is -3.49. The zero-order valence-electron chi connectivity index (χ0n) is 16.3. The van der Waals surface area contributed by atoms with E-state index in [1.807, 2.05) is 30.3 Å². The number of hydrogen-bond acceptors (Lipinski definition) is 7. The van der Waals surface area contributed by atoms with E-state index in [4.69, 9.17) is 9.47 Å². The number of ether oxygens (including phenoxy) is 2. The van der Waals surface area contributed by atoms with Gasteiger partial charge in [0.25, 0.3) is 0 Å². The van der Waals surface area contributed by atoms with Crippen molar-refractivity contribution in [2.24, 2.45) is 0 Å². The first-order valence-corrected chi connectivity index (χ1v) is 12.0. The third kappa shape index (κ3) is 5.01. The van der Waals surface area contributed by atoms with E-state index in [2.05, 4.69) is 10.1 Å². The SMILES string of the molecule is O=S(=O)(c1ccc(OCCSc2ncn(-c3ccccc3)n2)cc1)N1CCOCC1. The third-order valence-electron chi connectivity index (χ3n) is 4.51. The number of hydrogen-bond donors (Lipinski definition) is 0. The minimum absolute atomic E-state index is 0.266. The van der Waals surface area contributed by atoms with Crippen LogP contribution in [0.2, 0.25) is 0 Å². The van der Waals surface area contributed by atoms with Gasteiger partial charge in [-0.15, -0.1) is 5.10 Å². The molecule has 0 N–H and O–H groups in total. The van der Waals surface area contributed by atoms with Crippen LogP contribution >= 0.6 is 11.8 Å². The molecule has 0 radical (unpaired) electrons. The molecule has 158 valence electrons. The molecule has 0 amide bonds. The Morgan fingerprint density at radius 1 is 1.03 bits per heavy atom. The molecule has 30 heavy (non-hydrogen) atoms. The van der Waals surface area contributed by atoms with E-state index in [1.165, 1.54) is 16.1 Å². The summed E-state index contributed by atoms with van der Waals surface area (Å²) in [6, 6.07) is 16.3. The summed E-state index contributed by atoms with van der Waals surface area (Å²) in [6.45, 7) is 2.07. The normalized spacial score (nSPS) is 15.2. The van der Waals surface area contributed by atoms with E-state index < -0.39 is 10.0 Å². The topological polar surface area (TPSA) is 86.6 Å². The minimum Gasteiger partial charge on any atom is -0.493 e. The number of nitrogens with zero attached hydrogens (tertiary/aromatic N) is 4. The molecule has 1 aromatic heterocycles. The molecular weight excluding hydrogens is 424 g/mol. The molecule has 0 atom stereocenters. The van der Waals surface area contributed by atoms with Crippen LogP contribution in [0.25, 0.3) is 5.69 Å². The highest BCUT2D eigenvalue weighted by Crippen LogP contribution is 2.21. The highest BCUT2D eigenvalue weighted by Gasteiger charge is 2.26. The molecule has 2 heterocycles. The maximum Gasteiger partial charge on any atom is 0.243 e. The van der Waals surface area contributed by atoms with Crippen molar-refractivity contribution in [3.63, 3.8) is 0 Å². The van der Waals surface area contributed by atoms with Gasteiger partial charge in [-0.1, -0.05) is 30.0 Å². The second-order valence-electron chi connectivity index (χ2n) is 6.49. The molecule has 8 nitrogen and oxygen atoms in total. The first-order valence-electron chi connectivity index (χ1n) is 9.53. The average molecular weight is 447 g/mol. The molecule has 1 saturated heterocycles. The second kappa shape index (κ2) is 9.61. The lowest BCUT2D eigenvalue weighted by Gasteiger charge is -2.26. The Hall–Kier alpha value is -2.40. The number of sulfonamides is 1. The number of para-hydroxylation sites is 1. The van der Waals surface area contributed by atoms with Crippen LogP contribution in [0.4, 0.5) is 0 Å². The van der Waals surface area contributed by atoms with Gasteiger partial charge in [0.15, 0.2) is 0 Å². The molecule has 3 aromatic rings.